The van der Waals surface area contributed by atoms with Crippen molar-refractivity contribution in [3.05, 3.63) is 222 Å². The summed E-state index contributed by atoms with van der Waals surface area (Å²) in [6.45, 7) is 0. The van der Waals surface area contributed by atoms with Crippen molar-refractivity contribution in [2.24, 2.45) is 0 Å². The minimum Gasteiger partial charge on any atom is -0.208 e. The topological polar surface area (TPSA) is 38.7 Å². The third-order valence-electron chi connectivity index (χ3n) is 11.4. The number of fused-ring (bicyclic) bond motifs is 10. The zero-order chi connectivity index (χ0) is 36.3. The number of hydrogen-bond acceptors (Lipinski definition) is 3. The minimum atomic E-state index is -0.483. The Morgan fingerprint density at radius 3 is 1.15 bits per heavy atom. The molecule has 256 valence electrons. The van der Waals surface area contributed by atoms with Crippen LogP contribution in [-0.4, -0.2) is 15.0 Å². The van der Waals surface area contributed by atoms with E-state index < -0.39 is 5.41 Å². The SMILES string of the molecule is c1ccc(-c2ccc(-c3nc(-c4ccccc4)nc(-c4ccccc4-c4cccc5c4C4(c6ccccc6-c6ccccc64)c4ccccc4-5)n3)cc2)cc1. The standard InChI is InChI=1S/C52H33N3/c1-3-16-34(17-4-1)35-30-32-37(33-31-35)50-53-49(36-18-5-2-6-19-36)54-51(55-50)44-24-8-7-20-38(44)42-25-15-26-43-41-23-11-14-29-47(41)52(48(42)43)45-27-12-9-21-39(45)40-22-10-13-28-46(40)52/h1-33H. The summed E-state index contributed by atoms with van der Waals surface area (Å²) in [6, 6.07) is 71.5. The van der Waals surface area contributed by atoms with Gasteiger partial charge in [0.25, 0.3) is 0 Å². The first-order valence-electron chi connectivity index (χ1n) is 18.8. The minimum absolute atomic E-state index is 0.483. The second-order valence-electron chi connectivity index (χ2n) is 14.3. The van der Waals surface area contributed by atoms with E-state index in [1.54, 1.807) is 0 Å². The van der Waals surface area contributed by atoms with Crippen LogP contribution >= 0.6 is 0 Å². The summed E-state index contributed by atoms with van der Waals surface area (Å²) in [4.78, 5) is 15.6. The molecule has 3 heteroatoms. The van der Waals surface area contributed by atoms with Crippen LogP contribution in [0.4, 0.5) is 0 Å². The molecule has 0 bridgehead atoms. The molecule has 2 aliphatic rings. The zero-order valence-corrected chi connectivity index (χ0v) is 29.9. The second kappa shape index (κ2) is 12.4. The van der Waals surface area contributed by atoms with Gasteiger partial charge < -0.3 is 0 Å². The lowest BCUT2D eigenvalue weighted by atomic mass is 9.68. The van der Waals surface area contributed by atoms with Crippen LogP contribution in [0.25, 0.3) is 78.7 Å². The molecule has 0 saturated heterocycles. The van der Waals surface area contributed by atoms with E-state index in [1.165, 1.54) is 55.6 Å². The van der Waals surface area contributed by atoms with E-state index in [-0.39, 0.29) is 0 Å². The van der Waals surface area contributed by atoms with Gasteiger partial charge in [0.05, 0.1) is 5.41 Å². The largest absolute Gasteiger partial charge is 0.208 e. The molecule has 3 nitrogen and oxygen atoms in total. The normalized spacial score (nSPS) is 12.9. The summed E-state index contributed by atoms with van der Waals surface area (Å²) in [5.74, 6) is 1.92. The van der Waals surface area contributed by atoms with E-state index in [1.807, 2.05) is 24.3 Å². The molecule has 0 aliphatic heterocycles. The van der Waals surface area contributed by atoms with Crippen molar-refractivity contribution >= 4 is 0 Å². The van der Waals surface area contributed by atoms with Crippen LogP contribution in [0, 0.1) is 0 Å². The maximum Gasteiger partial charge on any atom is 0.164 e. The molecule has 2 aliphatic carbocycles. The van der Waals surface area contributed by atoms with Crippen molar-refractivity contribution in [1.29, 1.82) is 0 Å². The van der Waals surface area contributed by atoms with Crippen LogP contribution in [0.15, 0.2) is 200 Å². The Labute approximate surface area is 320 Å². The monoisotopic (exact) mass is 699 g/mol. The highest BCUT2D eigenvalue weighted by atomic mass is 15.0. The van der Waals surface area contributed by atoms with Gasteiger partial charge in [-0.3, -0.25) is 0 Å². The Morgan fingerprint density at radius 2 is 0.582 bits per heavy atom. The lowest BCUT2D eigenvalue weighted by Gasteiger charge is -2.32. The van der Waals surface area contributed by atoms with E-state index in [9.17, 15) is 0 Å². The Bertz CT molecular complexity index is 2850. The molecule has 1 aromatic heterocycles. The van der Waals surface area contributed by atoms with Crippen LogP contribution in [-0.2, 0) is 5.41 Å². The van der Waals surface area contributed by atoms with Crippen LogP contribution in [0.1, 0.15) is 22.3 Å². The van der Waals surface area contributed by atoms with Crippen molar-refractivity contribution in [2.45, 2.75) is 5.41 Å². The number of rotatable bonds is 5. The Balaban J connectivity index is 1.15. The highest BCUT2D eigenvalue weighted by Crippen LogP contribution is 2.64. The van der Waals surface area contributed by atoms with Crippen molar-refractivity contribution in [3.63, 3.8) is 0 Å². The van der Waals surface area contributed by atoms with Gasteiger partial charge >= 0.3 is 0 Å². The predicted molar refractivity (Wildman–Crippen MR) is 223 cm³/mol. The average Bonchev–Trinajstić information content (AvgIpc) is 3.74. The molecular weight excluding hydrogens is 667 g/mol. The van der Waals surface area contributed by atoms with Crippen LogP contribution in [0.3, 0.4) is 0 Å². The number of benzene rings is 8. The highest BCUT2D eigenvalue weighted by Gasteiger charge is 2.52. The average molecular weight is 700 g/mol. The number of aromatic nitrogens is 3. The smallest absolute Gasteiger partial charge is 0.164 e. The number of nitrogens with zero attached hydrogens (tertiary/aromatic N) is 3. The molecule has 8 aromatic carbocycles. The molecule has 1 spiro atoms. The van der Waals surface area contributed by atoms with E-state index in [0.717, 1.165) is 27.8 Å². The lowest BCUT2D eigenvalue weighted by Crippen LogP contribution is -2.26. The predicted octanol–water partition coefficient (Wildman–Crippen LogP) is 12.6. The molecule has 0 fully saturated rings. The van der Waals surface area contributed by atoms with Crippen molar-refractivity contribution in [2.75, 3.05) is 0 Å². The van der Waals surface area contributed by atoms with Crippen LogP contribution < -0.4 is 0 Å². The highest BCUT2D eigenvalue weighted by molar-refractivity contribution is 6.00. The van der Waals surface area contributed by atoms with E-state index in [4.69, 9.17) is 15.0 Å². The molecule has 0 amide bonds. The first kappa shape index (κ1) is 31.3. The fourth-order valence-corrected chi connectivity index (χ4v) is 9.08. The molecule has 0 saturated carbocycles. The van der Waals surface area contributed by atoms with E-state index >= 15 is 0 Å². The summed E-state index contributed by atoms with van der Waals surface area (Å²) in [6.07, 6.45) is 0. The van der Waals surface area contributed by atoms with Gasteiger partial charge in [0.15, 0.2) is 17.5 Å². The van der Waals surface area contributed by atoms with Crippen molar-refractivity contribution in [1.82, 2.24) is 15.0 Å². The molecule has 0 N–H and O–H groups in total. The Morgan fingerprint density at radius 1 is 0.236 bits per heavy atom. The molecule has 55 heavy (non-hydrogen) atoms. The first-order valence-corrected chi connectivity index (χ1v) is 18.8. The summed E-state index contributed by atoms with van der Waals surface area (Å²) >= 11 is 0. The quantitative estimate of drug-likeness (QED) is 0.179. The Hall–Kier alpha value is -7.23. The van der Waals surface area contributed by atoms with Gasteiger partial charge in [-0.2, -0.15) is 0 Å². The fourth-order valence-electron chi connectivity index (χ4n) is 9.08. The molecule has 9 aromatic rings. The summed E-state index contributed by atoms with van der Waals surface area (Å²) < 4.78 is 0. The molecule has 11 rings (SSSR count). The van der Waals surface area contributed by atoms with Gasteiger partial charge in [-0.15, -0.1) is 0 Å². The van der Waals surface area contributed by atoms with Gasteiger partial charge in [0.2, 0.25) is 0 Å². The third kappa shape index (κ3) is 4.73. The van der Waals surface area contributed by atoms with Gasteiger partial charge in [-0.05, 0) is 66.8 Å². The molecule has 1 heterocycles. The van der Waals surface area contributed by atoms with Gasteiger partial charge in [-0.25, -0.2) is 15.0 Å². The second-order valence-corrected chi connectivity index (χ2v) is 14.3. The van der Waals surface area contributed by atoms with Crippen LogP contribution in [0.5, 0.6) is 0 Å². The Kier molecular flexibility index (Phi) is 7.08. The third-order valence-corrected chi connectivity index (χ3v) is 11.4. The molecule has 0 unspecified atom stereocenters. The molecule has 0 radical (unpaired) electrons. The van der Waals surface area contributed by atoms with E-state index in [2.05, 4.69) is 176 Å². The van der Waals surface area contributed by atoms with Crippen molar-refractivity contribution in [3.8, 4) is 78.7 Å². The maximum atomic E-state index is 5.26. The summed E-state index contributed by atoms with van der Waals surface area (Å²) in [5, 5.41) is 0. The van der Waals surface area contributed by atoms with Crippen molar-refractivity contribution < 1.29 is 0 Å². The maximum absolute atomic E-state index is 5.26. The summed E-state index contributed by atoms with van der Waals surface area (Å²) in [5.41, 5.74) is 17.3. The zero-order valence-electron chi connectivity index (χ0n) is 29.9. The summed E-state index contributed by atoms with van der Waals surface area (Å²) in [7, 11) is 0. The van der Waals surface area contributed by atoms with Gasteiger partial charge in [0, 0.05) is 16.7 Å². The lowest BCUT2D eigenvalue weighted by molar-refractivity contribution is 0.796. The number of hydrogen-bond donors (Lipinski definition) is 0. The molecular formula is C52H33N3. The molecule has 0 atom stereocenters. The van der Waals surface area contributed by atoms with Gasteiger partial charge in [0.1, 0.15) is 0 Å². The van der Waals surface area contributed by atoms with Crippen LogP contribution in [0.2, 0.25) is 0 Å². The van der Waals surface area contributed by atoms with Gasteiger partial charge in [-0.1, -0.05) is 200 Å². The van der Waals surface area contributed by atoms with E-state index in [0.29, 0.717) is 17.5 Å². The fraction of sp³-hybridized carbons (Fsp3) is 0.0192. The first-order chi connectivity index (χ1) is 27.3.